The number of carboxylic acids is 1. The van der Waals surface area contributed by atoms with Crippen LogP contribution in [-0.4, -0.2) is 40.4 Å². The van der Waals surface area contributed by atoms with E-state index in [2.05, 4.69) is 20.2 Å². The van der Waals surface area contributed by atoms with Crippen LogP contribution in [0.2, 0.25) is 0 Å². The molecule has 0 bridgehead atoms. The Balaban J connectivity index is 1.65. The van der Waals surface area contributed by atoms with Crippen LogP contribution in [-0.2, 0) is 16.8 Å². The molecule has 0 spiro atoms. The minimum atomic E-state index is -1.38. The van der Waals surface area contributed by atoms with E-state index in [9.17, 15) is 9.90 Å². The van der Waals surface area contributed by atoms with Gasteiger partial charge in [0, 0.05) is 0 Å². The molecular weight excluding hydrogens is 398 g/mol. The highest BCUT2D eigenvalue weighted by molar-refractivity contribution is 5.93. The molecule has 0 aliphatic heterocycles. The molecule has 0 saturated heterocycles. The molecule has 1 aromatic carbocycles. The molecule has 4 heterocycles. The van der Waals surface area contributed by atoms with Gasteiger partial charge in [-0.15, -0.1) is 5.10 Å². The first-order valence-electron chi connectivity index (χ1n) is 9.86. The van der Waals surface area contributed by atoms with Gasteiger partial charge in [-0.25, -0.2) is 14.5 Å². The Morgan fingerprint density at radius 1 is 1.16 bits per heavy atom. The Morgan fingerprint density at radius 2 is 2.03 bits per heavy atom. The molecular formula is C21H17N7O3. The van der Waals surface area contributed by atoms with E-state index >= 15 is 0 Å². The molecule has 0 fully saturated rings. The van der Waals surface area contributed by atoms with Crippen LogP contribution in [0.15, 0.2) is 53.3 Å². The quantitative estimate of drug-likeness (QED) is 0.458. The van der Waals surface area contributed by atoms with Gasteiger partial charge in [-0.2, -0.15) is 14.6 Å². The predicted octanol–water partition coefficient (Wildman–Crippen LogP) is 2.48. The Morgan fingerprint density at radius 3 is 2.84 bits per heavy atom. The number of hydrogen-bond donors (Lipinski definition) is 2. The van der Waals surface area contributed by atoms with Crippen molar-refractivity contribution in [2.45, 2.75) is 24.8 Å². The number of aryl methyl sites for hydroxylation is 1. The van der Waals surface area contributed by atoms with Crippen LogP contribution in [0.5, 0.6) is 0 Å². The molecule has 0 radical (unpaired) electrons. The monoisotopic (exact) mass is 415 g/mol. The van der Waals surface area contributed by atoms with Crippen molar-refractivity contribution in [1.82, 2.24) is 29.4 Å². The second-order valence-electron chi connectivity index (χ2n) is 7.59. The van der Waals surface area contributed by atoms with Crippen molar-refractivity contribution in [3.05, 3.63) is 60.0 Å². The lowest BCUT2D eigenvalue weighted by molar-refractivity contribution is -0.146. The van der Waals surface area contributed by atoms with Crippen LogP contribution in [0.4, 0.5) is 5.95 Å². The summed E-state index contributed by atoms with van der Waals surface area (Å²) in [7, 11) is 0. The summed E-state index contributed by atoms with van der Waals surface area (Å²) < 4.78 is 8.27. The van der Waals surface area contributed by atoms with E-state index in [1.54, 1.807) is 18.3 Å². The summed E-state index contributed by atoms with van der Waals surface area (Å²) in [4.78, 5) is 21.8. The average molecular weight is 415 g/mol. The van der Waals surface area contributed by atoms with Crippen molar-refractivity contribution < 1.29 is 14.3 Å². The second-order valence-corrected chi connectivity index (χ2v) is 7.59. The van der Waals surface area contributed by atoms with E-state index < -0.39 is 11.5 Å². The molecule has 1 atom stereocenters. The van der Waals surface area contributed by atoms with Gasteiger partial charge in [0.2, 0.25) is 11.8 Å². The molecule has 1 aliphatic rings. The molecule has 31 heavy (non-hydrogen) atoms. The second kappa shape index (κ2) is 6.14. The van der Waals surface area contributed by atoms with Gasteiger partial charge in [0.1, 0.15) is 0 Å². The van der Waals surface area contributed by atoms with Gasteiger partial charge in [-0.05, 0) is 42.5 Å². The molecule has 154 valence electrons. The van der Waals surface area contributed by atoms with E-state index in [0.717, 1.165) is 24.0 Å². The fourth-order valence-corrected chi connectivity index (χ4v) is 4.54. The van der Waals surface area contributed by atoms with Gasteiger partial charge < -0.3 is 15.3 Å². The molecule has 10 heteroatoms. The van der Waals surface area contributed by atoms with Crippen molar-refractivity contribution in [2.75, 3.05) is 5.73 Å². The summed E-state index contributed by atoms with van der Waals surface area (Å²) in [5, 5.41) is 19.8. The van der Waals surface area contributed by atoms with E-state index in [-0.39, 0.29) is 5.95 Å². The summed E-state index contributed by atoms with van der Waals surface area (Å²) in [5.74, 6) is -0.0524. The van der Waals surface area contributed by atoms with Crippen LogP contribution < -0.4 is 5.73 Å². The summed E-state index contributed by atoms with van der Waals surface area (Å²) in [6.07, 6.45) is 5.04. The van der Waals surface area contributed by atoms with Gasteiger partial charge >= 0.3 is 5.97 Å². The molecule has 5 aromatic rings. The SMILES string of the molecule is Nc1nc2c(cnn2C2(C(=O)O)CCCc3ccccc32)c2nc(-c3ccco3)nn12. The number of hydrogen-bond acceptors (Lipinski definition) is 7. The minimum absolute atomic E-state index is 0.0826. The fourth-order valence-electron chi connectivity index (χ4n) is 4.54. The lowest BCUT2D eigenvalue weighted by Gasteiger charge is -2.35. The maximum atomic E-state index is 12.7. The molecule has 1 aliphatic carbocycles. The largest absolute Gasteiger partial charge is 0.479 e. The molecule has 10 nitrogen and oxygen atoms in total. The Kier molecular flexibility index (Phi) is 3.49. The van der Waals surface area contributed by atoms with Gasteiger partial charge in [-0.1, -0.05) is 24.3 Å². The third kappa shape index (κ3) is 2.29. The van der Waals surface area contributed by atoms with Gasteiger partial charge in [0.05, 0.1) is 17.8 Å². The number of nitrogens with two attached hydrogens (primary N) is 1. The first-order valence-corrected chi connectivity index (χ1v) is 9.86. The molecule has 6 rings (SSSR count). The number of aliphatic carboxylic acids is 1. The van der Waals surface area contributed by atoms with Crippen LogP contribution in [0.1, 0.15) is 24.0 Å². The van der Waals surface area contributed by atoms with Gasteiger partial charge in [-0.3, -0.25) is 0 Å². The first-order chi connectivity index (χ1) is 15.1. The zero-order chi connectivity index (χ0) is 21.2. The highest BCUT2D eigenvalue weighted by Gasteiger charge is 2.47. The number of furan rings is 1. The smallest absolute Gasteiger partial charge is 0.336 e. The fraction of sp³-hybridized carbons (Fsp3) is 0.190. The highest BCUT2D eigenvalue weighted by Crippen LogP contribution is 2.40. The molecule has 4 aromatic heterocycles. The number of fused-ring (bicyclic) bond motifs is 4. The number of rotatable bonds is 3. The topological polar surface area (TPSA) is 137 Å². The van der Waals surface area contributed by atoms with E-state index in [0.29, 0.717) is 34.7 Å². The standard InChI is InChI=1S/C21H17N7O3/c22-20-25-18-13(17-24-16(26-27(17)20)15-8-4-10-31-15)11-23-28(18)21(19(29)30)9-3-6-12-5-1-2-7-14(12)21/h1-2,4-5,7-8,10-11H,3,6,9H2,(H2,22,25)(H,29,30). The normalized spacial score (nSPS) is 18.5. The lowest BCUT2D eigenvalue weighted by Crippen LogP contribution is -2.46. The van der Waals surface area contributed by atoms with E-state index in [1.807, 2.05) is 24.3 Å². The molecule has 3 N–H and O–H groups in total. The number of benzene rings is 1. The minimum Gasteiger partial charge on any atom is -0.479 e. The number of nitrogen functional groups attached to an aromatic ring is 1. The van der Waals surface area contributed by atoms with Crippen molar-refractivity contribution in [1.29, 1.82) is 0 Å². The van der Waals surface area contributed by atoms with E-state index in [1.165, 1.54) is 15.5 Å². The predicted molar refractivity (Wildman–Crippen MR) is 110 cm³/mol. The maximum absolute atomic E-state index is 12.7. The lowest BCUT2D eigenvalue weighted by atomic mass is 9.76. The van der Waals surface area contributed by atoms with Gasteiger partial charge in [0.25, 0.3) is 0 Å². The summed E-state index contributed by atoms with van der Waals surface area (Å²) in [6.45, 7) is 0. The van der Waals surface area contributed by atoms with Crippen molar-refractivity contribution >= 4 is 28.6 Å². The van der Waals surface area contributed by atoms with Crippen LogP contribution in [0.3, 0.4) is 0 Å². The Labute approximate surface area is 174 Å². The third-order valence-corrected chi connectivity index (χ3v) is 5.93. The molecule has 0 saturated carbocycles. The number of nitrogens with zero attached hydrogens (tertiary/aromatic N) is 6. The van der Waals surface area contributed by atoms with Crippen molar-refractivity contribution in [2.24, 2.45) is 0 Å². The van der Waals surface area contributed by atoms with Gasteiger partial charge in [0.15, 0.2) is 22.6 Å². The number of carboxylic acid groups (broad SMARTS) is 1. The average Bonchev–Trinajstić information content (AvgIpc) is 3.52. The summed E-state index contributed by atoms with van der Waals surface area (Å²) in [6, 6.07) is 11.1. The van der Waals surface area contributed by atoms with Crippen LogP contribution >= 0.6 is 0 Å². The molecule has 0 amide bonds. The highest BCUT2D eigenvalue weighted by atomic mass is 16.4. The van der Waals surface area contributed by atoms with Crippen molar-refractivity contribution in [3.8, 4) is 11.6 Å². The Hall–Kier alpha value is -4.21. The van der Waals surface area contributed by atoms with E-state index in [4.69, 9.17) is 10.2 Å². The summed E-state index contributed by atoms with van der Waals surface area (Å²) >= 11 is 0. The number of anilines is 1. The zero-order valence-electron chi connectivity index (χ0n) is 16.3. The summed E-state index contributed by atoms with van der Waals surface area (Å²) in [5.41, 5.74) is 7.31. The number of aromatic nitrogens is 6. The maximum Gasteiger partial charge on any atom is 0.336 e. The van der Waals surface area contributed by atoms with Crippen LogP contribution in [0.25, 0.3) is 28.3 Å². The zero-order valence-corrected chi connectivity index (χ0v) is 16.3. The number of carbonyl (C=O) groups is 1. The van der Waals surface area contributed by atoms with Crippen molar-refractivity contribution in [3.63, 3.8) is 0 Å². The first kappa shape index (κ1) is 17.6. The molecule has 1 unspecified atom stereocenters. The third-order valence-electron chi connectivity index (χ3n) is 5.93. The van der Waals surface area contributed by atoms with Crippen LogP contribution in [0, 0.1) is 0 Å². The Bertz CT molecular complexity index is 1470.